The van der Waals surface area contributed by atoms with Crippen molar-refractivity contribution in [3.63, 3.8) is 0 Å². The van der Waals surface area contributed by atoms with E-state index in [1.54, 1.807) is 0 Å². The van der Waals surface area contributed by atoms with Crippen molar-refractivity contribution in [2.24, 2.45) is 0 Å². The minimum atomic E-state index is 1.11. The first-order chi connectivity index (χ1) is 11.8. The molecule has 0 bridgehead atoms. The molecule has 122 valence electrons. The lowest BCUT2D eigenvalue weighted by Crippen LogP contribution is -1.86. The number of benzene rings is 3. The van der Waals surface area contributed by atoms with E-state index >= 15 is 0 Å². The largest absolute Gasteiger partial charge is 0.0654 e. The summed E-state index contributed by atoms with van der Waals surface area (Å²) in [5.74, 6) is 0. The van der Waals surface area contributed by atoms with Crippen LogP contribution < -0.4 is 0 Å². The number of rotatable bonds is 6. The lowest BCUT2D eigenvalue weighted by Gasteiger charge is -2.07. The van der Waals surface area contributed by atoms with E-state index in [9.17, 15) is 0 Å². The molecule has 0 nitrogen and oxygen atoms in total. The fraction of sp³-hybridized carbons (Fsp3) is 0.217. The second-order valence-electron chi connectivity index (χ2n) is 6.24. The molecule has 0 fully saturated rings. The summed E-state index contributed by atoms with van der Waals surface area (Å²) in [7, 11) is 0. The third-order valence-electron chi connectivity index (χ3n) is 4.42. The molecule has 3 aromatic rings. The summed E-state index contributed by atoms with van der Waals surface area (Å²) in [6.07, 6.45) is 5.08. The molecule has 0 spiro atoms. The van der Waals surface area contributed by atoms with Gasteiger partial charge in [0.05, 0.1) is 0 Å². The fourth-order valence-corrected chi connectivity index (χ4v) is 3.20. The quantitative estimate of drug-likeness (QED) is 0.389. The molecule has 0 amide bonds. The maximum atomic E-state index is 3.49. The monoisotopic (exact) mass is 378 g/mol. The van der Waals surface area contributed by atoms with Gasteiger partial charge < -0.3 is 0 Å². The second kappa shape index (κ2) is 8.30. The first-order valence-electron chi connectivity index (χ1n) is 8.71. The van der Waals surface area contributed by atoms with Crippen molar-refractivity contribution >= 4 is 15.9 Å². The molecule has 0 radical (unpaired) electrons. The molecular weight excluding hydrogens is 356 g/mol. The Morgan fingerprint density at radius 2 is 1.00 bits per heavy atom. The molecule has 0 heterocycles. The van der Waals surface area contributed by atoms with Gasteiger partial charge in [-0.1, -0.05) is 96.4 Å². The van der Waals surface area contributed by atoms with Gasteiger partial charge >= 0.3 is 0 Å². The summed E-state index contributed by atoms with van der Waals surface area (Å²) in [5, 5.41) is 0. The summed E-state index contributed by atoms with van der Waals surface area (Å²) in [5.41, 5.74) is 6.50. The highest BCUT2D eigenvalue weighted by Gasteiger charge is 2.01. The molecule has 0 saturated carbocycles. The van der Waals surface area contributed by atoms with Crippen LogP contribution in [-0.4, -0.2) is 0 Å². The van der Waals surface area contributed by atoms with Crippen LogP contribution in [0.2, 0.25) is 0 Å². The first kappa shape index (κ1) is 17.0. The summed E-state index contributed by atoms with van der Waals surface area (Å²) >= 11 is 3.49. The van der Waals surface area contributed by atoms with Crippen molar-refractivity contribution in [3.8, 4) is 22.3 Å². The van der Waals surface area contributed by atoms with Gasteiger partial charge in [-0.05, 0) is 52.8 Å². The SMILES string of the molecule is CCCCCc1ccc(-c2ccc(-c3ccc(Br)cc3)cc2)cc1. The van der Waals surface area contributed by atoms with Gasteiger partial charge in [0.25, 0.3) is 0 Å². The van der Waals surface area contributed by atoms with Crippen molar-refractivity contribution in [1.82, 2.24) is 0 Å². The van der Waals surface area contributed by atoms with Crippen LogP contribution in [0.5, 0.6) is 0 Å². The number of halogens is 1. The molecule has 1 heteroatoms. The lowest BCUT2D eigenvalue weighted by atomic mass is 9.98. The molecule has 0 N–H and O–H groups in total. The maximum absolute atomic E-state index is 3.49. The highest BCUT2D eigenvalue weighted by Crippen LogP contribution is 2.26. The van der Waals surface area contributed by atoms with E-state index in [1.165, 1.54) is 53.5 Å². The Bertz CT molecular complexity index is 753. The third-order valence-corrected chi connectivity index (χ3v) is 4.95. The fourth-order valence-electron chi connectivity index (χ4n) is 2.94. The van der Waals surface area contributed by atoms with Crippen LogP contribution in [0, 0.1) is 0 Å². The minimum Gasteiger partial charge on any atom is -0.0654 e. The van der Waals surface area contributed by atoms with Gasteiger partial charge in [-0.2, -0.15) is 0 Å². The smallest absolute Gasteiger partial charge is 0.0175 e. The Morgan fingerprint density at radius 1 is 0.583 bits per heavy atom. The van der Waals surface area contributed by atoms with E-state index in [0.29, 0.717) is 0 Å². The zero-order valence-corrected chi connectivity index (χ0v) is 15.7. The molecular formula is C23H23Br. The summed E-state index contributed by atoms with van der Waals surface area (Å²) in [6.45, 7) is 2.25. The van der Waals surface area contributed by atoms with Gasteiger partial charge in [0.15, 0.2) is 0 Å². The van der Waals surface area contributed by atoms with Crippen LogP contribution in [0.3, 0.4) is 0 Å². The molecule has 3 aromatic carbocycles. The van der Waals surface area contributed by atoms with E-state index in [4.69, 9.17) is 0 Å². The van der Waals surface area contributed by atoms with Gasteiger partial charge in [-0.25, -0.2) is 0 Å². The first-order valence-corrected chi connectivity index (χ1v) is 9.51. The molecule has 0 aliphatic heterocycles. The molecule has 0 unspecified atom stereocenters. The van der Waals surface area contributed by atoms with E-state index < -0.39 is 0 Å². The van der Waals surface area contributed by atoms with Gasteiger partial charge in [0.2, 0.25) is 0 Å². The zero-order chi connectivity index (χ0) is 16.8. The average Bonchev–Trinajstić information content (AvgIpc) is 2.63. The standard InChI is InChI=1S/C23H23Br/c1-2-3-4-5-18-6-8-19(9-7-18)20-10-12-21(13-11-20)22-14-16-23(24)17-15-22/h6-17H,2-5H2,1H3. The van der Waals surface area contributed by atoms with E-state index in [1.807, 2.05) is 0 Å². The van der Waals surface area contributed by atoms with Gasteiger partial charge in [-0.3, -0.25) is 0 Å². The van der Waals surface area contributed by atoms with Crippen LogP contribution in [-0.2, 0) is 6.42 Å². The highest BCUT2D eigenvalue weighted by molar-refractivity contribution is 9.10. The number of unbranched alkanes of at least 4 members (excludes halogenated alkanes) is 2. The topological polar surface area (TPSA) is 0 Å². The number of hydrogen-bond acceptors (Lipinski definition) is 0. The Balaban J connectivity index is 1.72. The average molecular weight is 379 g/mol. The summed E-state index contributed by atoms with van der Waals surface area (Å²) in [6, 6.07) is 26.3. The predicted molar refractivity (Wildman–Crippen MR) is 108 cm³/mol. The zero-order valence-electron chi connectivity index (χ0n) is 14.1. The molecule has 0 saturated heterocycles. The van der Waals surface area contributed by atoms with Gasteiger partial charge in [-0.15, -0.1) is 0 Å². The van der Waals surface area contributed by atoms with Crippen molar-refractivity contribution < 1.29 is 0 Å². The summed E-state index contributed by atoms with van der Waals surface area (Å²) < 4.78 is 1.11. The summed E-state index contributed by atoms with van der Waals surface area (Å²) in [4.78, 5) is 0. The maximum Gasteiger partial charge on any atom is 0.0175 e. The Morgan fingerprint density at radius 3 is 1.46 bits per heavy atom. The van der Waals surface area contributed by atoms with Crippen LogP contribution in [0.15, 0.2) is 77.3 Å². The van der Waals surface area contributed by atoms with Gasteiger partial charge in [0, 0.05) is 4.47 Å². The normalized spacial score (nSPS) is 10.8. The molecule has 0 aliphatic rings. The van der Waals surface area contributed by atoms with Crippen LogP contribution in [0.25, 0.3) is 22.3 Å². The van der Waals surface area contributed by atoms with Crippen molar-refractivity contribution in [2.45, 2.75) is 32.6 Å². The Hall–Kier alpha value is -1.86. The predicted octanol–water partition coefficient (Wildman–Crippen LogP) is 7.52. The Kier molecular flexibility index (Phi) is 5.87. The van der Waals surface area contributed by atoms with E-state index in [2.05, 4.69) is 95.7 Å². The van der Waals surface area contributed by atoms with Crippen molar-refractivity contribution in [3.05, 3.63) is 82.8 Å². The van der Waals surface area contributed by atoms with Crippen molar-refractivity contribution in [2.75, 3.05) is 0 Å². The number of hydrogen-bond donors (Lipinski definition) is 0. The number of aryl methyl sites for hydroxylation is 1. The van der Waals surface area contributed by atoms with Gasteiger partial charge in [0.1, 0.15) is 0 Å². The molecule has 24 heavy (non-hydrogen) atoms. The van der Waals surface area contributed by atoms with Crippen molar-refractivity contribution in [1.29, 1.82) is 0 Å². The molecule has 0 aliphatic carbocycles. The Labute approximate surface area is 153 Å². The van der Waals surface area contributed by atoms with Crippen LogP contribution >= 0.6 is 15.9 Å². The lowest BCUT2D eigenvalue weighted by molar-refractivity contribution is 0.717. The molecule has 0 atom stereocenters. The highest BCUT2D eigenvalue weighted by atomic mass is 79.9. The molecule has 3 rings (SSSR count). The second-order valence-corrected chi connectivity index (χ2v) is 7.15. The third kappa shape index (κ3) is 4.36. The van der Waals surface area contributed by atoms with E-state index in [0.717, 1.165) is 4.47 Å². The van der Waals surface area contributed by atoms with E-state index in [-0.39, 0.29) is 0 Å². The molecule has 0 aromatic heterocycles. The van der Waals surface area contributed by atoms with Crippen LogP contribution in [0.4, 0.5) is 0 Å². The minimum absolute atomic E-state index is 1.11. The van der Waals surface area contributed by atoms with Crippen LogP contribution in [0.1, 0.15) is 31.7 Å².